The molecule has 0 aliphatic carbocycles. The lowest BCUT2D eigenvalue weighted by molar-refractivity contribution is 0.0780. The molecule has 0 saturated carbocycles. The first kappa shape index (κ1) is 18.2. The lowest BCUT2D eigenvalue weighted by atomic mass is 10.0. The maximum absolute atomic E-state index is 12.9. The largest absolute Gasteiger partial charge is 0.497 e. The molecule has 3 aromatic heterocycles. The summed E-state index contributed by atoms with van der Waals surface area (Å²) in [6.07, 6.45) is 0.824. The summed E-state index contributed by atoms with van der Waals surface area (Å²) in [4.78, 5) is 19.3. The third-order valence-corrected chi connectivity index (χ3v) is 5.45. The van der Waals surface area contributed by atoms with Crippen LogP contribution >= 0.6 is 0 Å². The van der Waals surface area contributed by atoms with Crippen LogP contribution in [0.4, 0.5) is 5.82 Å². The third-order valence-electron chi connectivity index (χ3n) is 5.45. The van der Waals surface area contributed by atoms with Crippen LogP contribution in [0.3, 0.4) is 0 Å². The van der Waals surface area contributed by atoms with E-state index in [2.05, 4.69) is 20.3 Å². The molecule has 0 spiro atoms. The number of anilines is 1. The minimum atomic E-state index is -0.152. The van der Waals surface area contributed by atoms with E-state index in [4.69, 9.17) is 15.0 Å². The number of aromatic amines is 1. The number of ether oxygens (including phenoxy) is 1. The van der Waals surface area contributed by atoms with E-state index in [0.29, 0.717) is 36.1 Å². The normalized spacial score (nSPS) is 16.3. The number of H-pyrrole nitrogens is 1. The second kappa shape index (κ2) is 7.18. The molecule has 3 N–H and O–H groups in total. The molecule has 1 aliphatic rings. The number of pyridine rings is 1. The quantitative estimate of drug-likeness (QED) is 0.536. The fourth-order valence-corrected chi connectivity index (χ4v) is 3.80. The van der Waals surface area contributed by atoms with Gasteiger partial charge in [0.1, 0.15) is 11.6 Å². The van der Waals surface area contributed by atoms with Crippen LogP contribution in [-0.2, 0) is 0 Å². The molecule has 1 amide bonds. The summed E-state index contributed by atoms with van der Waals surface area (Å²) in [6.45, 7) is 1.20. The van der Waals surface area contributed by atoms with Crippen molar-refractivity contribution in [3.63, 3.8) is 0 Å². The molecule has 1 atom stereocenters. The molecule has 4 heterocycles. The van der Waals surface area contributed by atoms with Crippen LogP contribution in [0.15, 0.2) is 47.0 Å². The number of aromatic nitrogens is 4. The highest BCUT2D eigenvalue weighted by molar-refractivity contribution is 5.93. The van der Waals surface area contributed by atoms with E-state index >= 15 is 0 Å². The van der Waals surface area contributed by atoms with Crippen molar-refractivity contribution in [1.82, 2.24) is 25.2 Å². The molecule has 1 aromatic carbocycles. The first-order chi connectivity index (χ1) is 14.6. The lowest BCUT2D eigenvalue weighted by Gasteiger charge is -2.14. The van der Waals surface area contributed by atoms with Crippen molar-refractivity contribution >= 4 is 22.8 Å². The number of nitrogen functional groups attached to an aromatic ring is 1. The first-order valence-electron chi connectivity index (χ1n) is 9.63. The summed E-state index contributed by atoms with van der Waals surface area (Å²) in [5.74, 6) is 1.73. The molecule has 9 heteroatoms. The van der Waals surface area contributed by atoms with Crippen molar-refractivity contribution in [2.75, 3.05) is 25.9 Å². The second-order valence-electron chi connectivity index (χ2n) is 7.29. The van der Waals surface area contributed by atoms with Gasteiger partial charge >= 0.3 is 0 Å². The van der Waals surface area contributed by atoms with Crippen molar-refractivity contribution < 1.29 is 14.1 Å². The van der Waals surface area contributed by atoms with Crippen molar-refractivity contribution in [2.45, 2.75) is 12.3 Å². The van der Waals surface area contributed by atoms with Crippen LogP contribution < -0.4 is 10.5 Å². The van der Waals surface area contributed by atoms with E-state index in [9.17, 15) is 4.79 Å². The summed E-state index contributed by atoms with van der Waals surface area (Å²) in [6, 6.07) is 13.0. The molecular weight excluding hydrogens is 384 g/mol. The van der Waals surface area contributed by atoms with Gasteiger partial charge in [-0.05, 0) is 30.7 Å². The number of fused-ring (bicyclic) bond motifs is 1. The van der Waals surface area contributed by atoms with Gasteiger partial charge in [0.05, 0.1) is 12.5 Å². The molecule has 1 saturated heterocycles. The average Bonchev–Trinajstić information content (AvgIpc) is 3.53. The van der Waals surface area contributed by atoms with Gasteiger partial charge in [0.15, 0.2) is 17.1 Å². The molecule has 9 nitrogen and oxygen atoms in total. The second-order valence-corrected chi connectivity index (χ2v) is 7.29. The first-order valence-corrected chi connectivity index (χ1v) is 9.63. The number of hydrogen-bond donors (Lipinski definition) is 2. The number of carbonyl (C=O) groups is 1. The number of nitrogens with two attached hydrogens (primary N) is 1. The zero-order chi connectivity index (χ0) is 20.7. The van der Waals surface area contributed by atoms with Gasteiger partial charge in [0, 0.05) is 36.3 Å². The summed E-state index contributed by atoms with van der Waals surface area (Å²) < 4.78 is 10.6. The third kappa shape index (κ3) is 3.14. The lowest BCUT2D eigenvalue weighted by Crippen LogP contribution is -2.28. The highest BCUT2D eigenvalue weighted by Crippen LogP contribution is 2.30. The van der Waals surface area contributed by atoms with E-state index in [0.717, 1.165) is 23.1 Å². The highest BCUT2D eigenvalue weighted by atomic mass is 16.5. The summed E-state index contributed by atoms with van der Waals surface area (Å²) in [5, 5.41) is 11.6. The SMILES string of the molecule is COc1cccc(-c2cc(C(=O)N3CC[C@H](c4ccc5c(N)[nH]nc5n4)C3)no2)c1. The Morgan fingerprint density at radius 1 is 1.30 bits per heavy atom. The van der Waals surface area contributed by atoms with Crippen LogP contribution in [0.1, 0.15) is 28.5 Å². The van der Waals surface area contributed by atoms with Gasteiger partial charge in [-0.25, -0.2) is 4.98 Å². The Morgan fingerprint density at radius 3 is 3.07 bits per heavy atom. The van der Waals surface area contributed by atoms with E-state index in [1.165, 1.54) is 0 Å². The molecule has 1 fully saturated rings. The monoisotopic (exact) mass is 404 g/mol. The maximum atomic E-state index is 12.9. The van der Waals surface area contributed by atoms with E-state index in [1.807, 2.05) is 36.4 Å². The van der Waals surface area contributed by atoms with Gasteiger partial charge in [-0.3, -0.25) is 9.89 Å². The van der Waals surface area contributed by atoms with Crippen LogP contribution in [-0.4, -0.2) is 51.3 Å². The number of carbonyl (C=O) groups excluding carboxylic acids is 1. The number of nitrogens with one attached hydrogen (secondary N) is 1. The molecule has 0 bridgehead atoms. The van der Waals surface area contributed by atoms with Crippen molar-refractivity contribution in [3.05, 3.63) is 53.9 Å². The van der Waals surface area contributed by atoms with E-state index < -0.39 is 0 Å². The fourth-order valence-electron chi connectivity index (χ4n) is 3.80. The fraction of sp³-hybridized carbons (Fsp3) is 0.238. The maximum Gasteiger partial charge on any atom is 0.276 e. The molecule has 0 radical (unpaired) electrons. The summed E-state index contributed by atoms with van der Waals surface area (Å²) in [7, 11) is 1.60. The molecule has 5 rings (SSSR count). The standard InChI is InChI=1S/C21H20N6O3/c1-29-14-4-2-3-12(9-14)18-10-17(26-30-18)21(28)27-8-7-13(11-27)16-6-5-15-19(22)24-25-20(15)23-16/h2-6,9-10,13H,7-8,11H2,1H3,(H3,22,23,24,25)/t13-/m0/s1. The van der Waals surface area contributed by atoms with Crippen LogP contribution in [0, 0.1) is 0 Å². The predicted octanol–water partition coefficient (Wildman–Crippen LogP) is 2.83. The van der Waals surface area contributed by atoms with Crippen molar-refractivity contribution in [2.24, 2.45) is 0 Å². The average molecular weight is 404 g/mol. The molecule has 0 unspecified atom stereocenters. The Labute approximate surface area is 171 Å². The topological polar surface area (TPSA) is 123 Å². The Morgan fingerprint density at radius 2 is 2.20 bits per heavy atom. The number of hydrogen-bond acceptors (Lipinski definition) is 7. The minimum Gasteiger partial charge on any atom is -0.497 e. The Balaban J connectivity index is 1.31. The Hall–Kier alpha value is -3.88. The predicted molar refractivity (Wildman–Crippen MR) is 110 cm³/mol. The number of benzene rings is 1. The van der Waals surface area contributed by atoms with Gasteiger partial charge in [-0.1, -0.05) is 17.3 Å². The summed E-state index contributed by atoms with van der Waals surface area (Å²) in [5.41, 5.74) is 8.42. The summed E-state index contributed by atoms with van der Waals surface area (Å²) >= 11 is 0. The Kier molecular flexibility index (Phi) is 4.35. The van der Waals surface area contributed by atoms with Gasteiger partial charge in [-0.2, -0.15) is 5.10 Å². The molecule has 30 heavy (non-hydrogen) atoms. The number of nitrogens with zero attached hydrogens (tertiary/aromatic N) is 4. The van der Waals surface area contributed by atoms with Gasteiger partial charge in [-0.15, -0.1) is 0 Å². The zero-order valence-electron chi connectivity index (χ0n) is 16.3. The van der Waals surface area contributed by atoms with Crippen LogP contribution in [0.2, 0.25) is 0 Å². The van der Waals surface area contributed by atoms with Gasteiger partial charge in [0.25, 0.3) is 5.91 Å². The van der Waals surface area contributed by atoms with E-state index in [1.54, 1.807) is 18.1 Å². The minimum absolute atomic E-state index is 0.140. The molecular formula is C21H20N6O3. The van der Waals surface area contributed by atoms with Crippen molar-refractivity contribution in [1.29, 1.82) is 0 Å². The Bertz CT molecular complexity index is 1230. The van der Waals surface area contributed by atoms with Gasteiger partial charge < -0.3 is 19.9 Å². The van der Waals surface area contributed by atoms with Crippen LogP contribution in [0.25, 0.3) is 22.4 Å². The molecule has 1 aliphatic heterocycles. The highest BCUT2D eigenvalue weighted by Gasteiger charge is 2.30. The smallest absolute Gasteiger partial charge is 0.276 e. The van der Waals surface area contributed by atoms with E-state index in [-0.39, 0.29) is 17.5 Å². The number of likely N-dealkylation sites (tertiary alicyclic amines) is 1. The van der Waals surface area contributed by atoms with Crippen LogP contribution in [0.5, 0.6) is 5.75 Å². The zero-order valence-corrected chi connectivity index (χ0v) is 16.3. The molecule has 4 aromatic rings. The molecule has 152 valence electrons. The number of methoxy groups -OCH3 is 1. The van der Waals surface area contributed by atoms with Crippen molar-refractivity contribution in [3.8, 4) is 17.1 Å². The van der Waals surface area contributed by atoms with Gasteiger partial charge in [0.2, 0.25) is 0 Å². The number of rotatable bonds is 4. The number of amides is 1.